The third-order valence-electron chi connectivity index (χ3n) is 6.61. The highest BCUT2D eigenvalue weighted by Crippen LogP contribution is 2.42. The van der Waals surface area contributed by atoms with Gasteiger partial charge in [0.05, 0.1) is 5.69 Å². The molecule has 0 aliphatic carbocycles. The van der Waals surface area contributed by atoms with Crippen LogP contribution < -0.4 is 11.1 Å². The second-order valence-electron chi connectivity index (χ2n) is 11.2. The summed E-state index contributed by atoms with van der Waals surface area (Å²) in [7, 11) is 0. The van der Waals surface area contributed by atoms with Gasteiger partial charge in [-0.05, 0) is 24.5 Å². The lowest BCUT2D eigenvalue weighted by atomic mass is 9.87. The summed E-state index contributed by atoms with van der Waals surface area (Å²) in [6.45, 7) is 10.3. The Bertz CT molecular complexity index is 1290. The Morgan fingerprint density at radius 1 is 1.20 bits per heavy atom. The quantitative estimate of drug-likeness (QED) is 0.218. The standard InChI is InChI=1S/C26H37N5O10/c1-13(2)22(34)30-21-15-8-9-17(31(15)29-11-28-21)26(7)20(33)18(40-23(35)19(27)25(4,5)6)16(41-26)10-37-24(36)39-12-38-14(3)32/h8-9,11,13,16,18-20,33H,10,12,27H2,1-7H3,(H,28,29,30,34)/t16-,18-,19-,20-,26+/m1/s1. The average molecular weight is 580 g/mol. The number of carbonyl (C=O) groups is 4. The third kappa shape index (κ3) is 7.10. The summed E-state index contributed by atoms with van der Waals surface area (Å²) in [5.41, 5.74) is 4.64. The molecular formula is C26H37N5O10. The van der Waals surface area contributed by atoms with E-state index in [1.165, 1.54) is 10.8 Å². The van der Waals surface area contributed by atoms with E-state index in [1.807, 2.05) is 0 Å². The van der Waals surface area contributed by atoms with E-state index in [2.05, 4.69) is 24.9 Å². The smallest absolute Gasteiger partial charge is 0.455 e. The summed E-state index contributed by atoms with van der Waals surface area (Å²) in [4.78, 5) is 52.3. The van der Waals surface area contributed by atoms with Crippen molar-refractivity contribution >= 4 is 35.3 Å². The molecule has 4 N–H and O–H groups in total. The Morgan fingerprint density at radius 2 is 1.88 bits per heavy atom. The number of ether oxygens (including phenoxy) is 5. The van der Waals surface area contributed by atoms with E-state index in [0.717, 1.165) is 6.92 Å². The molecule has 1 saturated heterocycles. The molecule has 0 saturated carbocycles. The molecule has 5 atom stereocenters. The van der Waals surface area contributed by atoms with Gasteiger partial charge in [-0.3, -0.25) is 14.4 Å². The van der Waals surface area contributed by atoms with Crippen molar-refractivity contribution in [2.75, 3.05) is 18.7 Å². The minimum atomic E-state index is -1.55. The van der Waals surface area contributed by atoms with E-state index in [4.69, 9.17) is 19.9 Å². The molecular weight excluding hydrogens is 542 g/mol. The SMILES string of the molecule is CC(=O)OCOC(=O)OC[C@H]1O[C@@](C)(c2ccc3c(NC(=O)C(C)C)ncnn23)[C@H](O)[C@@H]1OC(=O)[C@@H](N)C(C)(C)C. The lowest BCUT2D eigenvalue weighted by Gasteiger charge is -2.29. The normalized spacial score (nSPS) is 23.2. The van der Waals surface area contributed by atoms with Crippen molar-refractivity contribution in [1.82, 2.24) is 14.6 Å². The van der Waals surface area contributed by atoms with Gasteiger partial charge in [0.1, 0.15) is 42.3 Å². The second kappa shape index (κ2) is 12.4. The first-order valence-electron chi connectivity index (χ1n) is 12.9. The van der Waals surface area contributed by atoms with Gasteiger partial charge in [-0.2, -0.15) is 5.10 Å². The highest BCUT2D eigenvalue weighted by atomic mass is 16.8. The first-order chi connectivity index (χ1) is 19.1. The fourth-order valence-electron chi connectivity index (χ4n) is 4.03. The number of amides is 1. The first kappa shape index (κ1) is 31.7. The van der Waals surface area contributed by atoms with E-state index >= 15 is 0 Å². The average Bonchev–Trinajstić information content (AvgIpc) is 3.42. The monoisotopic (exact) mass is 579 g/mol. The van der Waals surface area contributed by atoms with Crippen LogP contribution in [0.15, 0.2) is 18.5 Å². The van der Waals surface area contributed by atoms with Crippen LogP contribution in [0.5, 0.6) is 0 Å². The minimum absolute atomic E-state index is 0.246. The van der Waals surface area contributed by atoms with Gasteiger partial charge in [-0.1, -0.05) is 34.6 Å². The number of fused-ring (bicyclic) bond motifs is 1. The highest BCUT2D eigenvalue weighted by molar-refractivity contribution is 5.94. The molecule has 1 aliphatic heterocycles. The van der Waals surface area contributed by atoms with Gasteiger partial charge in [-0.25, -0.2) is 14.3 Å². The van der Waals surface area contributed by atoms with Gasteiger partial charge < -0.3 is 39.8 Å². The van der Waals surface area contributed by atoms with E-state index in [0.29, 0.717) is 11.2 Å². The van der Waals surface area contributed by atoms with Gasteiger partial charge in [0.25, 0.3) is 0 Å². The summed E-state index contributed by atoms with van der Waals surface area (Å²) in [6.07, 6.45) is -3.92. The molecule has 3 rings (SSSR count). The largest absolute Gasteiger partial charge is 0.511 e. The fraction of sp³-hybridized carbons (Fsp3) is 0.615. The van der Waals surface area contributed by atoms with Gasteiger partial charge in [0.15, 0.2) is 11.9 Å². The molecule has 0 aromatic carbocycles. The molecule has 2 aromatic rings. The van der Waals surface area contributed by atoms with Crippen LogP contribution in [0.4, 0.5) is 10.6 Å². The van der Waals surface area contributed by atoms with Gasteiger partial charge in [0, 0.05) is 12.8 Å². The van der Waals surface area contributed by atoms with Crippen molar-refractivity contribution in [3.05, 3.63) is 24.2 Å². The lowest BCUT2D eigenvalue weighted by molar-refractivity contribution is -0.161. The van der Waals surface area contributed by atoms with Crippen LogP contribution in [-0.2, 0) is 43.7 Å². The molecule has 0 bridgehead atoms. The van der Waals surface area contributed by atoms with Crippen LogP contribution in [0.25, 0.3) is 5.52 Å². The van der Waals surface area contributed by atoms with Gasteiger partial charge in [-0.15, -0.1) is 0 Å². The summed E-state index contributed by atoms with van der Waals surface area (Å²) >= 11 is 0. The fourth-order valence-corrected chi connectivity index (χ4v) is 4.03. The Balaban J connectivity index is 1.91. The zero-order valence-corrected chi connectivity index (χ0v) is 24.1. The van der Waals surface area contributed by atoms with Crippen LogP contribution in [0, 0.1) is 11.3 Å². The first-order valence-corrected chi connectivity index (χ1v) is 12.9. The number of aliphatic hydroxyl groups is 1. The summed E-state index contributed by atoms with van der Waals surface area (Å²) < 4.78 is 27.6. The Kier molecular flexibility index (Phi) is 9.56. The number of nitrogens with two attached hydrogens (primary N) is 1. The van der Waals surface area contributed by atoms with Crippen molar-refractivity contribution in [2.45, 2.75) is 78.4 Å². The van der Waals surface area contributed by atoms with E-state index < -0.39 is 66.9 Å². The lowest BCUT2D eigenvalue weighted by Crippen LogP contribution is -2.49. The van der Waals surface area contributed by atoms with E-state index in [9.17, 15) is 24.3 Å². The number of esters is 2. The molecule has 41 heavy (non-hydrogen) atoms. The summed E-state index contributed by atoms with van der Waals surface area (Å²) in [5.74, 6) is -1.76. The van der Waals surface area contributed by atoms with Gasteiger partial charge in [0.2, 0.25) is 12.7 Å². The summed E-state index contributed by atoms with van der Waals surface area (Å²) in [6, 6.07) is 2.22. The van der Waals surface area contributed by atoms with Crippen LogP contribution in [-0.4, -0.2) is 81.5 Å². The van der Waals surface area contributed by atoms with Crippen LogP contribution in [0.3, 0.4) is 0 Å². The Labute approximate surface area is 236 Å². The Hall–Kier alpha value is -3.82. The number of rotatable bonds is 9. The third-order valence-corrected chi connectivity index (χ3v) is 6.61. The maximum Gasteiger partial charge on any atom is 0.511 e. The molecule has 0 unspecified atom stereocenters. The minimum Gasteiger partial charge on any atom is -0.455 e. The predicted octanol–water partition coefficient (Wildman–Crippen LogP) is 1.26. The van der Waals surface area contributed by atoms with Crippen molar-refractivity contribution in [3.63, 3.8) is 0 Å². The highest BCUT2D eigenvalue weighted by Gasteiger charge is 2.57. The second-order valence-corrected chi connectivity index (χ2v) is 11.2. The van der Waals surface area contributed by atoms with Crippen LogP contribution >= 0.6 is 0 Å². The number of hydrogen-bond donors (Lipinski definition) is 3. The number of hydrogen-bond acceptors (Lipinski definition) is 13. The van der Waals surface area contributed by atoms with Crippen molar-refractivity contribution in [2.24, 2.45) is 17.1 Å². The molecule has 0 spiro atoms. The van der Waals surface area contributed by atoms with Crippen molar-refractivity contribution in [1.29, 1.82) is 0 Å². The molecule has 2 aromatic heterocycles. The van der Waals surface area contributed by atoms with Crippen LogP contribution in [0.1, 0.15) is 54.2 Å². The molecule has 3 heterocycles. The molecule has 1 fully saturated rings. The van der Waals surface area contributed by atoms with E-state index in [-0.39, 0.29) is 17.6 Å². The van der Waals surface area contributed by atoms with Gasteiger partial charge >= 0.3 is 18.1 Å². The molecule has 226 valence electrons. The predicted molar refractivity (Wildman–Crippen MR) is 141 cm³/mol. The molecule has 1 aliphatic rings. The molecule has 15 heteroatoms. The number of aromatic nitrogens is 3. The van der Waals surface area contributed by atoms with Crippen LogP contribution in [0.2, 0.25) is 0 Å². The number of anilines is 1. The molecule has 15 nitrogen and oxygen atoms in total. The number of aliphatic hydroxyl groups excluding tert-OH is 1. The number of nitrogens with zero attached hydrogens (tertiary/aromatic N) is 3. The molecule has 0 radical (unpaired) electrons. The van der Waals surface area contributed by atoms with Crippen molar-refractivity contribution < 1.29 is 48.0 Å². The van der Waals surface area contributed by atoms with E-state index in [1.54, 1.807) is 53.7 Å². The topological polar surface area (TPSA) is 203 Å². The van der Waals surface area contributed by atoms with Crippen molar-refractivity contribution in [3.8, 4) is 0 Å². The number of nitrogens with one attached hydrogen (secondary N) is 1. The Morgan fingerprint density at radius 3 is 2.49 bits per heavy atom. The molecule has 1 amide bonds. The zero-order chi connectivity index (χ0) is 30.7. The number of carbonyl (C=O) groups excluding carboxylic acids is 4. The summed E-state index contributed by atoms with van der Waals surface area (Å²) in [5, 5.41) is 18.5. The maximum absolute atomic E-state index is 12.9. The maximum atomic E-state index is 12.9. The zero-order valence-electron chi connectivity index (χ0n) is 24.1.